The fourth-order valence-electron chi connectivity index (χ4n) is 2.81. The van der Waals surface area contributed by atoms with E-state index in [9.17, 15) is 17.6 Å². The lowest BCUT2D eigenvalue weighted by atomic mass is 10.1. The topological polar surface area (TPSA) is 101 Å². The third-order valence-corrected chi connectivity index (χ3v) is 5.87. The number of halogens is 2. The molecular formula is C22H15ClFN3O4S. The highest BCUT2D eigenvalue weighted by molar-refractivity contribution is 7.89. The predicted octanol–water partition coefficient (Wildman–Crippen LogP) is 4.27. The van der Waals surface area contributed by atoms with Gasteiger partial charge in [0.2, 0.25) is 5.55 Å². The van der Waals surface area contributed by atoms with Crippen molar-refractivity contribution in [3.63, 3.8) is 0 Å². The van der Waals surface area contributed by atoms with Crippen LogP contribution < -0.4 is 15.7 Å². The second kappa shape index (κ2) is 8.81. The number of para-hydroxylation sites is 1. The fraction of sp³-hybridized carbons (Fsp3) is 0. The Kier molecular flexibility index (Phi) is 5.93. The number of carbonyl (C=O) groups excluding carboxylic acids is 1. The van der Waals surface area contributed by atoms with Crippen LogP contribution >= 0.6 is 11.6 Å². The van der Waals surface area contributed by atoms with Gasteiger partial charge in [-0.25, -0.2) is 4.39 Å². The van der Waals surface area contributed by atoms with Gasteiger partial charge in [-0.2, -0.15) is 13.2 Å². The summed E-state index contributed by atoms with van der Waals surface area (Å²) in [5, 5.41) is 7.44. The van der Waals surface area contributed by atoms with E-state index in [0.29, 0.717) is 21.7 Å². The van der Waals surface area contributed by atoms with Crippen LogP contribution in [-0.4, -0.2) is 14.3 Å². The first-order valence-corrected chi connectivity index (χ1v) is 11.1. The van der Waals surface area contributed by atoms with Crippen molar-refractivity contribution < 1.29 is 22.0 Å². The summed E-state index contributed by atoms with van der Waals surface area (Å²) in [5.41, 5.74) is 0.472. The number of hydrogen-bond acceptors (Lipinski definition) is 5. The average Bonchev–Trinajstić information content (AvgIpc) is 2.79. The van der Waals surface area contributed by atoms with Crippen LogP contribution in [0.3, 0.4) is 0 Å². The summed E-state index contributed by atoms with van der Waals surface area (Å²) in [6.45, 7) is 0. The lowest BCUT2D eigenvalue weighted by molar-refractivity contribution is 0.102. The number of rotatable bonds is 5. The van der Waals surface area contributed by atoms with Crippen LogP contribution in [0.1, 0.15) is 10.4 Å². The largest absolute Gasteiger partial charge is 0.436 e. The van der Waals surface area contributed by atoms with Crippen molar-refractivity contribution in [1.82, 2.24) is 4.83 Å². The number of nitrogens with zero attached hydrogens (tertiary/aromatic N) is 1. The molecule has 0 atom stereocenters. The zero-order valence-corrected chi connectivity index (χ0v) is 17.8. The van der Waals surface area contributed by atoms with E-state index >= 15 is 0 Å². The highest BCUT2D eigenvalue weighted by atomic mass is 35.5. The molecule has 0 spiro atoms. The predicted molar refractivity (Wildman–Crippen MR) is 118 cm³/mol. The van der Waals surface area contributed by atoms with Crippen LogP contribution in [0, 0.1) is 5.82 Å². The van der Waals surface area contributed by atoms with Gasteiger partial charge in [-0.15, -0.1) is 5.10 Å². The van der Waals surface area contributed by atoms with Gasteiger partial charge in [0.25, 0.3) is 15.9 Å². The minimum atomic E-state index is -4.04. The number of hydrogen-bond donors (Lipinski definition) is 2. The minimum absolute atomic E-state index is 0.0215. The maximum atomic E-state index is 13.1. The number of nitrogens with one attached hydrogen (secondary N) is 2. The van der Waals surface area contributed by atoms with E-state index in [1.165, 1.54) is 54.6 Å². The highest BCUT2D eigenvalue weighted by Crippen LogP contribution is 2.16. The molecule has 0 aliphatic rings. The summed E-state index contributed by atoms with van der Waals surface area (Å²) in [7, 11) is -4.04. The standard InChI is InChI=1S/C22H15ClFN3O4S/c23-15-5-11-18(12-6-15)32(29,30)27-26-22-19(13-14-3-1-2-4-20(14)31-22)21(28)25-17-9-7-16(24)8-10-17/h1-13,27H,(H,25,28). The quantitative estimate of drug-likeness (QED) is 0.424. The van der Waals surface area contributed by atoms with Crippen LogP contribution in [0.2, 0.25) is 5.02 Å². The van der Waals surface area contributed by atoms with Gasteiger partial charge in [0.15, 0.2) is 0 Å². The number of fused-ring (bicyclic) bond motifs is 1. The molecule has 0 radical (unpaired) electrons. The van der Waals surface area contributed by atoms with E-state index in [1.54, 1.807) is 24.3 Å². The summed E-state index contributed by atoms with van der Waals surface area (Å²) in [6, 6.07) is 19.1. The Balaban J connectivity index is 1.74. The second-order valence-corrected chi connectivity index (χ2v) is 8.72. The molecule has 0 fully saturated rings. The Labute approximate surface area is 187 Å². The molecule has 162 valence electrons. The molecule has 7 nitrogen and oxygen atoms in total. The lowest BCUT2D eigenvalue weighted by Crippen LogP contribution is -2.27. The zero-order chi connectivity index (χ0) is 22.7. The highest BCUT2D eigenvalue weighted by Gasteiger charge is 2.16. The van der Waals surface area contributed by atoms with Crippen molar-refractivity contribution in [2.75, 3.05) is 5.32 Å². The Morgan fingerprint density at radius 3 is 2.38 bits per heavy atom. The molecule has 0 bridgehead atoms. The van der Waals surface area contributed by atoms with Gasteiger partial charge in [0.1, 0.15) is 17.0 Å². The molecule has 1 amide bonds. The van der Waals surface area contributed by atoms with Crippen LogP contribution in [0.15, 0.2) is 93.3 Å². The molecule has 1 aromatic heterocycles. The number of anilines is 1. The number of amides is 1. The van der Waals surface area contributed by atoms with Gasteiger partial charge in [0.05, 0.1) is 4.90 Å². The molecule has 2 N–H and O–H groups in total. The van der Waals surface area contributed by atoms with E-state index < -0.39 is 21.7 Å². The number of sulfonamides is 1. The second-order valence-electron chi connectivity index (χ2n) is 6.62. The molecule has 0 aliphatic carbocycles. The van der Waals surface area contributed by atoms with Crippen molar-refractivity contribution >= 4 is 44.2 Å². The Hall–Kier alpha value is -3.69. The molecule has 1 heterocycles. The third kappa shape index (κ3) is 4.79. The summed E-state index contributed by atoms with van der Waals surface area (Å²) < 4.78 is 43.9. The SMILES string of the molecule is O=C(Nc1ccc(F)cc1)c1cc2ccccc2oc1=NNS(=O)(=O)c1ccc(Cl)cc1. The van der Waals surface area contributed by atoms with Gasteiger partial charge in [-0.3, -0.25) is 4.79 Å². The molecule has 10 heteroatoms. The normalized spacial score (nSPS) is 12.0. The molecule has 3 aromatic carbocycles. The van der Waals surface area contributed by atoms with E-state index in [2.05, 4.69) is 15.2 Å². The average molecular weight is 472 g/mol. The van der Waals surface area contributed by atoms with E-state index in [1.807, 2.05) is 0 Å². The fourth-order valence-corrected chi connectivity index (χ4v) is 3.74. The third-order valence-electron chi connectivity index (χ3n) is 4.39. The first kappa shape index (κ1) is 21.5. The molecule has 4 rings (SSSR count). The molecule has 0 aliphatic heterocycles. The summed E-state index contributed by atoms with van der Waals surface area (Å²) >= 11 is 5.80. The van der Waals surface area contributed by atoms with E-state index in [-0.39, 0.29) is 16.0 Å². The van der Waals surface area contributed by atoms with Gasteiger partial charge >= 0.3 is 0 Å². The van der Waals surface area contributed by atoms with Crippen molar-refractivity contribution in [2.45, 2.75) is 4.90 Å². The molecular weight excluding hydrogens is 457 g/mol. The molecule has 0 unspecified atom stereocenters. The van der Waals surface area contributed by atoms with Crippen molar-refractivity contribution in [3.8, 4) is 0 Å². The maximum absolute atomic E-state index is 13.1. The van der Waals surface area contributed by atoms with Crippen molar-refractivity contribution in [1.29, 1.82) is 0 Å². The molecule has 32 heavy (non-hydrogen) atoms. The zero-order valence-electron chi connectivity index (χ0n) is 16.2. The summed E-state index contributed by atoms with van der Waals surface area (Å²) in [4.78, 5) is 14.9. The van der Waals surface area contributed by atoms with Crippen LogP contribution in [0.4, 0.5) is 10.1 Å². The molecule has 4 aromatic rings. The van der Waals surface area contributed by atoms with Crippen LogP contribution in [-0.2, 0) is 10.0 Å². The van der Waals surface area contributed by atoms with Crippen molar-refractivity contribution in [3.05, 3.63) is 101 Å². The number of carbonyl (C=O) groups is 1. The maximum Gasteiger partial charge on any atom is 0.276 e. The van der Waals surface area contributed by atoms with Gasteiger partial charge in [-0.1, -0.05) is 29.8 Å². The van der Waals surface area contributed by atoms with Crippen LogP contribution in [0.5, 0.6) is 0 Å². The lowest BCUT2D eigenvalue weighted by Gasteiger charge is -2.08. The molecule has 0 saturated carbocycles. The van der Waals surface area contributed by atoms with Crippen molar-refractivity contribution in [2.24, 2.45) is 5.10 Å². The summed E-state index contributed by atoms with van der Waals surface area (Å²) in [5.74, 6) is -1.06. The monoisotopic (exact) mass is 471 g/mol. The van der Waals surface area contributed by atoms with E-state index in [4.69, 9.17) is 16.0 Å². The first-order valence-electron chi connectivity index (χ1n) is 9.23. The Bertz CT molecular complexity index is 1470. The minimum Gasteiger partial charge on any atom is -0.436 e. The van der Waals surface area contributed by atoms with Gasteiger partial charge < -0.3 is 9.73 Å². The van der Waals surface area contributed by atoms with E-state index in [0.717, 1.165) is 0 Å². The van der Waals surface area contributed by atoms with Gasteiger partial charge in [0, 0.05) is 16.1 Å². The molecule has 0 saturated heterocycles. The first-order chi connectivity index (χ1) is 15.3. The van der Waals surface area contributed by atoms with Crippen LogP contribution in [0.25, 0.3) is 11.0 Å². The Morgan fingerprint density at radius 1 is 0.969 bits per heavy atom. The van der Waals surface area contributed by atoms with Gasteiger partial charge in [-0.05, 0) is 60.7 Å². The smallest absolute Gasteiger partial charge is 0.276 e. The number of benzene rings is 3. The Morgan fingerprint density at radius 2 is 1.66 bits per heavy atom. The summed E-state index contributed by atoms with van der Waals surface area (Å²) in [6.07, 6.45) is 0.